The zero-order chi connectivity index (χ0) is 11.4. The highest BCUT2D eigenvalue weighted by atomic mass is 19.3. The van der Waals surface area contributed by atoms with Gasteiger partial charge in [-0.25, -0.2) is 8.78 Å². The molecule has 0 spiro atoms. The van der Waals surface area contributed by atoms with Gasteiger partial charge in [0.05, 0.1) is 19.6 Å². The van der Waals surface area contributed by atoms with Crippen LogP contribution in [0, 0.1) is 12.3 Å². The first-order chi connectivity index (χ1) is 6.23. The highest BCUT2D eigenvalue weighted by molar-refractivity contribution is 4.94. The van der Waals surface area contributed by atoms with E-state index in [1.54, 1.807) is 4.90 Å². The highest BCUT2D eigenvalue weighted by Crippen LogP contribution is 2.20. The zero-order valence-electron chi connectivity index (χ0n) is 8.98. The molecule has 0 bridgehead atoms. The van der Waals surface area contributed by atoms with Crippen LogP contribution in [0.2, 0.25) is 0 Å². The van der Waals surface area contributed by atoms with Crippen LogP contribution in [0.5, 0.6) is 0 Å². The van der Waals surface area contributed by atoms with E-state index in [1.807, 2.05) is 20.8 Å². The van der Waals surface area contributed by atoms with Gasteiger partial charge >= 0.3 is 0 Å². The minimum Gasteiger partial charge on any atom is -0.325 e. The summed E-state index contributed by atoms with van der Waals surface area (Å²) in [6, 6.07) is 0. The maximum Gasteiger partial charge on any atom is 0.272 e. The molecular formula is C10H18F2N2. The lowest BCUT2D eigenvalue weighted by Crippen LogP contribution is -2.50. The van der Waals surface area contributed by atoms with Crippen molar-refractivity contribution in [3.05, 3.63) is 0 Å². The third-order valence-corrected chi connectivity index (χ3v) is 1.95. The van der Waals surface area contributed by atoms with E-state index >= 15 is 0 Å². The fraction of sp³-hybridized carbons (Fsp3) is 0.800. The summed E-state index contributed by atoms with van der Waals surface area (Å²) >= 11 is 0. The summed E-state index contributed by atoms with van der Waals surface area (Å²) in [5.41, 5.74) is 4.60. The Balaban J connectivity index is 4.48. The standard InChI is InChI=1S/C10H18F2N2/c1-5-6-14(9(2,3)4)8-10(11,12)7-13/h1H,6-8,13H2,2-4H3. The molecule has 0 saturated carbocycles. The molecule has 0 radical (unpaired) electrons. The minimum absolute atomic E-state index is 0.207. The maximum atomic E-state index is 13.0. The summed E-state index contributed by atoms with van der Waals surface area (Å²) in [4.78, 5) is 1.54. The summed E-state index contributed by atoms with van der Waals surface area (Å²) in [5.74, 6) is -0.498. The molecule has 0 rings (SSSR count). The van der Waals surface area contributed by atoms with Crippen molar-refractivity contribution in [2.24, 2.45) is 5.73 Å². The van der Waals surface area contributed by atoms with Gasteiger partial charge in [-0.05, 0) is 20.8 Å². The molecule has 82 valence electrons. The first-order valence-electron chi connectivity index (χ1n) is 4.49. The predicted molar refractivity (Wildman–Crippen MR) is 54.2 cm³/mol. The molecule has 0 atom stereocenters. The van der Waals surface area contributed by atoms with E-state index in [2.05, 4.69) is 5.92 Å². The van der Waals surface area contributed by atoms with Gasteiger partial charge in [0.1, 0.15) is 0 Å². The molecule has 0 aromatic heterocycles. The van der Waals surface area contributed by atoms with E-state index in [9.17, 15) is 8.78 Å². The average molecular weight is 204 g/mol. The first-order valence-corrected chi connectivity index (χ1v) is 4.49. The number of alkyl halides is 2. The summed E-state index contributed by atoms with van der Waals surface area (Å²) in [6.07, 6.45) is 5.12. The summed E-state index contributed by atoms with van der Waals surface area (Å²) in [5, 5.41) is 0. The molecule has 0 aliphatic carbocycles. The van der Waals surface area contributed by atoms with E-state index in [-0.39, 0.29) is 12.1 Å². The Morgan fingerprint density at radius 3 is 2.14 bits per heavy atom. The van der Waals surface area contributed by atoms with Gasteiger partial charge in [-0.3, -0.25) is 4.90 Å². The van der Waals surface area contributed by atoms with Gasteiger partial charge in [0.15, 0.2) is 0 Å². The van der Waals surface area contributed by atoms with Crippen molar-refractivity contribution in [3.8, 4) is 12.3 Å². The fourth-order valence-corrected chi connectivity index (χ4v) is 0.984. The Kier molecular flexibility index (Phi) is 4.50. The van der Waals surface area contributed by atoms with Crippen LogP contribution in [0.25, 0.3) is 0 Å². The number of terminal acetylenes is 1. The molecule has 2 N–H and O–H groups in total. The van der Waals surface area contributed by atoms with Gasteiger partial charge in [0.25, 0.3) is 5.92 Å². The molecule has 0 aliphatic heterocycles. The van der Waals surface area contributed by atoms with Gasteiger partial charge in [-0.1, -0.05) is 5.92 Å². The topological polar surface area (TPSA) is 29.3 Å². The van der Waals surface area contributed by atoms with Crippen LogP contribution < -0.4 is 5.73 Å². The lowest BCUT2D eigenvalue weighted by Gasteiger charge is -2.36. The molecule has 0 heterocycles. The second-order valence-corrected chi connectivity index (χ2v) is 4.29. The van der Waals surface area contributed by atoms with Crippen molar-refractivity contribution >= 4 is 0 Å². The number of nitrogens with two attached hydrogens (primary N) is 1. The normalized spacial score (nSPS) is 13.0. The molecule has 0 aromatic carbocycles. The molecule has 14 heavy (non-hydrogen) atoms. The predicted octanol–water partition coefficient (Wildman–Crippen LogP) is 1.31. The summed E-state index contributed by atoms with van der Waals surface area (Å²) in [7, 11) is 0. The van der Waals surface area contributed by atoms with Gasteiger partial charge in [-0.2, -0.15) is 0 Å². The summed E-state index contributed by atoms with van der Waals surface area (Å²) in [6.45, 7) is 4.70. The largest absolute Gasteiger partial charge is 0.325 e. The van der Waals surface area contributed by atoms with E-state index in [4.69, 9.17) is 12.2 Å². The van der Waals surface area contributed by atoms with E-state index in [1.165, 1.54) is 0 Å². The SMILES string of the molecule is C#CCN(CC(F)(F)CN)C(C)(C)C. The number of nitrogens with zero attached hydrogens (tertiary/aromatic N) is 1. The molecular weight excluding hydrogens is 186 g/mol. The first kappa shape index (κ1) is 13.3. The van der Waals surface area contributed by atoms with Crippen molar-refractivity contribution in [1.29, 1.82) is 0 Å². The highest BCUT2D eigenvalue weighted by Gasteiger charge is 2.33. The molecule has 4 heteroatoms. The van der Waals surface area contributed by atoms with Gasteiger partial charge in [0.2, 0.25) is 0 Å². The molecule has 0 fully saturated rings. The van der Waals surface area contributed by atoms with E-state index < -0.39 is 19.0 Å². The van der Waals surface area contributed by atoms with Crippen LogP contribution in [0.15, 0.2) is 0 Å². The van der Waals surface area contributed by atoms with Gasteiger partial charge in [0, 0.05) is 5.54 Å². The maximum absolute atomic E-state index is 13.0. The van der Waals surface area contributed by atoms with Gasteiger partial charge in [-0.15, -0.1) is 6.42 Å². The van der Waals surface area contributed by atoms with Gasteiger partial charge < -0.3 is 5.73 Å². The second kappa shape index (κ2) is 4.72. The van der Waals surface area contributed by atoms with Crippen molar-refractivity contribution in [2.75, 3.05) is 19.6 Å². The number of hydrogen-bond acceptors (Lipinski definition) is 2. The second-order valence-electron chi connectivity index (χ2n) is 4.29. The third kappa shape index (κ3) is 4.54. The average Bonchev–Trinajstić information content (AvgIpc) is 2.02. The van der Waals surface area contributed by atoms with Crippen LogP contribution in [0.1, 0.15) is 20.8 Å². The number of hydrogen-bond donors (Lipinski definition) is 1. The molecule has 0 aromatic rings. The number of rotatable bonds is 4. The quantitative estimate of drug-likeness (QED) is 0.700. The molecule has 0 aliphatic rings. The van der Waals surface area contributed by atoms with Crippen LogP contribution in [-0.4, -0.2) is 36.0 Å². The molecule has 2 nitrogen and oxygen atoms in total. The van der Waals surface area contributed by atoms with Crippen LogP contribution in [0.3, 0.4) is 0 Å². The van der Waals surface area contributed by atoms with Crippen molar-refractivity contribution < 1.29 is 8.78 Å². The summed E-state index contributed by atoms with van der Waals surface area (Å²) < 4.78 is 26.0. The number of halogens is 2. The Hall–Kier alpha value is -0.660. The van der Waals surface area contributed by atoms with Crippen molar-refractivity contribution in [1.82, 2.24) is 4.90 Å². The van der Waals surface area contributed by atoms with E-state index in [0.717, 1.165) is 0 Å². The lowest BCUT2D eigenvalue weighted by molar-refractivity contribution is -0.0414. The Morgan fingerprint density at radius 2 is 1.86 bits per heavy atom. The Morgan fingerprint density at radius 1 is 1.36 bits per heavy atom. The Labute approximate surface area is 84.5 Å². The molecule has 0 amide bonds. The molecule has 0 saturated heterocycles. The fourth-order valence-electron chi connectivity index (χ4n) is 0.984. The monoisotopic (exact) mass is 204 g/mol. The lowest BCUT2D eigenvalue weighted by atomic mass is 10.1. The van der Waals surface area contributed by atoms with Crippen LogP contribution in [-0.2, 0) is 0 Å². The van der Waals surface area contributed by atoms with Crippen LogP contribution >= 0.6 is 0 Å². The van der Waals surface area contributed by atoms with Crippen LogP contribution in [0.4, 0.5) is 8.78 Å². The Bertz CT molecular complexity index is 213. The minimum atomic E-state index is -2.87. The van der Waals surface area contributed by atoms with Crippen molar-refractivity contribution in [3.63, 3.8) is 0 Å². The third-order valence-electron chi connectivity index (χ3n) is 1.95. The smallest absolute Gasteiger partial charge is 0.272 e. The zero-order valence-corrected chi connectivity index (χ0v) is 8.98. The van der Waals surface area contributed by atoms with Crippen molar-refractivity contribution in [2.45, 2.75) is 32.2 Å². The van der Waals surface area contributed by atoms with E-state index in [0.29, 0.717) is 0 Å². The molecule has 0 unspecified atom stereocenters.